The summed E-state index contributed by atoms with van der Waals surface area (Å²) in [6.07, 6.45) is -0.0614. The minimum absolute atomic E-state index is 0.0767. The van der Waals surface area contributed by atoms with E-state index < -0.39 is 11.5 Å². The van der Waals surface area contributed by atoms with Gasteiger partial charge in [-0.25, -0.2) is 0 Å². The van der Waals surface area contributed by atoms with Gasteiger partial charge in [-0.15, -0.1) is 0 Å². The van der Waals surface area contributed by atoms with Crippen LogP contribution in [0.15, 0.2) is 29.1 Å². The number of hydrogen-bond acceptors (Lipinski definition) is 4. The third kappa shape index (κ3) is 1.83. The van der Waals surface area contributed by atoms with Gasteiger partial charge in [-0.3, -0.25) is 9.59 Å². The lowest BCUT2D eigenvalue weighted by Gasteiger charge is -1.99. The summed E-state index contributed by atoms with van der Waals surface area (Å²) < 4.78 is 3.36. The molecule has 0 aliphatic rings. The lowest BCUT2D eigenvalue weighted by atomic mass is 10.2. The number of aromatic nitrogens is 4. The zero-order valence-electron chi connectivity index (χ0n) is 10.8. The monoisotopic (exact) mass is 272 g/mol. The normalized spacial score (nSPS) is 11.2. The van der Waals surface area contributed by atoms with Crippen LogP contribution in [0.3, 0.4) is 0 Å². The summed E-state index contributed by atoms with van der Waals surface area (Å²) in [6, 6.07) is 7.55. The second-order valence-electron chi connectivity index (χ2n) is 4.52. The number of para-hydroxylation sites is 2. The fraction of sp³-hybridized carbons (Fsp3) is 0.231. The summed E-state index contributed by atoms with van der Waals surface area (Å²) in [6.45, 7) is 0. The van der Waals surface area contributed by atoms with Gasteiger partial charge in [0.1, 0.15) is 5.69 Å². The topological polar surface area (TPSA) is 89.5 Å². The summed E-state index contributed by atoms with van der Waals surface area (Å²) in [5, 5.41) is 12.9. The van der Waals surface area contributed by atoms with Crippen molar-refractivity contribution < 1.29 is 9.90 Å². The first kappa shape index (κ1) is 12.3. The van der Waals surface area contributed by atoms with Crippen LogP contribution in [0.1, 0.15) is 12.1 Å². The number of carbonyl (C=O) groups is 1. The predicted molar refractivity (Wildman–Crippen MR) is 71.7 cm³/mol. The Labute approximate surface area is 113 Å². The molecule has 7 nitrogen and oxygen atoms in total. The lowest BCUT2D eigenvalue weighted by molar-refractivity contribution is -0.136. The molecule has 0 radical (unpaired) electrons. The first-order valence-corrected chi connectivity index (χ1v) is 6.13. The summed E-state index contributed by atoms with van der Waals surface area (Å²) in [5.41, 5.74) is 1.43. The van der Waals surface area contributed by atoms with Crippen LogP contribution in [0.5, 0.6) is 0 Å². The molecule has 0 bridgehead atoms. The van der Waals surface area contributed by atoms with Gasteiger partial charge in [-0.05, 0) is 12.1 Å². The fourth-order valence-electron chi connectivity index (χ4n) is 2.21. The Morgan fingerprint density at radius 2 is 2.00 bits per heavy atom. The maximum atomic E-state index is 11.9. The van der Waals surface area contributed by atoms with Gasteiger partial charge in [-0.2, -0.15) is 14.6 Å². The smallest absolute Gasteiger partial charge is 0.303 e. The zero-order valence-corrected chi connectivity index (χ0v) is 10.8. The van der Waals surface area contributed by atoms with E-state index in [1.807, 2.05) is 31.3 Å². The average Bonchev–Trinajstić information content (AvgIpc) is 2.70. The van der Waals surface area contributed by atoms with Crippen molar-refractivity contribution in [2.24, 2.45) is 7.05 Å². The number of carboxylic acid groups (broad SMARTS) is 1. The first-order chi connectivity index (χ1) is 9.58. The standard InChI is InChI=1S/C13H12N4O3/c1-16-9-4-2-3-5-10(9)17-13(16)14-12(20)8(15-17)6-7-11(18)19/h2-5H,6-7H2,1H3,(H,18,19). The van der Waals surface area contributed by atoms with Gasteiger partial charge in [0.05, 0.1) is 17.5 Å². The van der Waals surface area contributed by atoms with Gasteiger partial charge < -0.3 is 9.67 Å². The quantitative estimate of drug-likeness (QED) is 0.754. The van der Waals surface area contributed by atoms with E-state index in [0.29, 0.717) is 5.78 Å². The van der Waals surface area contributed by atoms with Crippen molar-refractivity contribution in [1.82, 2.24) is 19.2 Å². The van der Waals surface area contributed by atoms with Crippen LogP contribution < -0.4 is 5.56 Å². The van der Waals surface area contributed by atoms with E-state index in [9.17, 15) is 9.59 Å². The van der Waals surface area contributed by atoms with Crippen molar-refractivity contribution >= 4 is 22.8 Å². The Morgan fingerprint density at radius 3 is 2.70 bits per heavy atom. The fourth-order valence-corrected chi connectivity index (χ4v) is 2.21. The van der Waals surface area contributed by atoms with E-state index in [1.165, 1.54) is 0 Å². The highest BCUT2D eigenvalue weighted by atomic mass is 16.4. The number of aliphatic carboxylic acids is 1. The average molecular weight is 272 g/mol. The number of fused-ring (bicyclic) bond motifs is 3. The van der Waals surface area contributed by atoms with Gasteiger partial charge in [0.2, 0.25) is 5.78 Å². The van der Waals surface area contributed by atoms with Crippen molar-refractivity contribution in [3.63, 3.8) is 0 Å². The van der Waals surface area contributed by atoms with Gasteiger partial charge in [0.15, 0.2) is 0 Å². The van der Waals surface area contributed by atoms with Gasteiger partial charge in [-0.1, -0.05) is 12.1 Å². The molecule has 2 aromatic heterocycles. The van der Waals surface area contributed by atoms with Gasteiger partial charge >= 0.3 is 5.97 Å². The summed E-state index contributed by atoms with van der Waals surface area (Å²) >= 11 is 0. The summed E-state index contributed by atoms with van der Waals surface area (Å²) in [4.78, 5) is 26.5. The molecule has 1 aromatic carbocycles. The summed E-state index contributed by atoms with van der Waals surface area (Å²) in [7, 11) is 1.81. The Balaban J connectivity index is 2.26. The van der Waals surface area contributed by atoms with Crippen LogP contribution in [0, 0.1) is 0 Å². The van der Waals surface area contributed by atoms with Crippen LogP contribution in [0.25, 0.3) is 16.8 Å². The van der Waals surface area contributed by atoms with Crippen molar-refractivity contribution in [1.29, 1.82) is 0 Å². The second kappa shape index (κ2) is 4.44. The van der Waals surface area contributed by atoms with Gasteiger partial charge in [0, 0.05) is 13.5 Å². The number of aryl methyl sites for hydroxylation is 2. The molecule has 0 fully saturated rings. The van der Waals surface area contributed by atoms with Crippen LogP contribution in [0.2, 0.25) is 0 Å². The largest absolute Gasteiger partial charge is 0.481 e. The maximum Gasteiger partial charge on any atom is 0.303 e. The summed E-state index contributed by atoms with van der Waals surface area (Å²) in [5.74, 6) is -0.524. The number of nitrogens with zero attached hydrogens (tertiary/aromatic N) is 4. The molecule has 0 spiro atoms. The molecule has 3 aromatic rings. The maximum absolute atomic E-state index is 11.9. The number of hydrogen-bond donors (Lipinski definition) is 1. The molecule has 102 valence electrons. The van der Waals surface area contributed by atoms with Crippen molar-refractivity contribution in [3.05, 3.63) is 40.3 Å². The highest BCUT2D eigenvalue weighted by Gasteiger charge is 2.13. The minimum Gasteiger partial charge on any atom is -0.481 e. The van der Waals surface area contributed by atoms with E-state index in [4.69, 9.17) is 5.11 Å². The van der Waals surface area contributed by atoms with Crippen LogP contribution in [-0.4, -0.2) is 30.2 Å². The lowest BCUT2D eigenvalue weighted by Crippen LogP contribution is -2.20. The molecule has 2 heterocycles. The third-order valence-corrected chi connectivity index (χ3v) is 3.21. The highest BCUT2D eigenvalue weighted by Crippen LogP contribution is 2.16. The Bertz CT molecular complexity index is 878. The zero-order chi connectivity index (χ0) is 14.3. The van der Waals surface area contributed by atoms with Crippen molar-refractivity contribution in [2.75, 3.05) is 0 Å². The van der Waals surface area contributed by atoms with Crippen LogP contribution in [-0.2, 0) is 18.3 Å². The highest BCUT2D eigenvalue weighted by molar-refractivity contribution is 5.79. The van der Waals surface area contributed by atoms with Crippen molar-refractivity contribution in [2.45, 2.75) is 12.8 Å². The first-order valence-electron chi connectivity index (χ1n) is 6.13. The van der Waals surface area contributed by atoms with E-state index in [-0.39, 0.29) is 18.5 Å². The number of rotatable bonds is 3. The molecule has 0 amide bonds. The third-order valence-electron chi connectivity index (χ3n) is 3.21. The molecule has 0 saturated carbocycles. The Morgan fingerprint density at radius 1 is 1.30 bits per heavy atom. The molecular weight excluding hydrogens is 260 g/mol. The van der Waals surface area contributed by atoms with Crippen LogP contribution >= 0.6 is 0 Å². The molecular formula is C13H12N4O3. The molecule has 20 heavy (non-hydrogen) atoms. The molecule has 0 aliphatic heterocycles. The molecule has 0 atom stereocenters. The van der Waals surface area contributed by atoms with E-state index in [2.05, 4.69) is 10.1 Å². The van der Waals surface area contributed by atoms with E-state index in [0.717, 1.165) is 11.0 Å². The molecule has 0 saturated heterocycles. The SMILES string of the molecule is Cn1c2ccccc2n2nc(CCC(=O)O)c(=O)nc12. The number of carboxylic acids is 1. The van der Waals surface area contributed by atoms with E-state index >= 15 is 0 Å². The minimum atomic E-state index is -0.964. The van der Waals surface area contributed by atoms with Crippen LogP contribution in [0.4, 0.5) is 0 Å². The molecule has 0 unspecified atom stereocenters. The Kier molecular flexibility index (Phi) is 2.74. The number of benzene rings is 1. The molecule has 1 N–H and O–H groups in total. The van der Waals surface area contributed by atoms with Crippen molar-refractivity contribution in [3.8, 4) is 0 Å². The van der Waals surface area contributed by atoms with Gasteiger partial charge in [0.25, 0.3) is 5.56 Å². The Hall–Kier alpha value is -2.70. The molecule has 3 rings (SSSR count). The second-order valence-corrected chi connectivity index (χ2v) is 4.52. The number of imidazole rings is 1. The van der Waals surface area contributed by atoms with E-state index in [1.54, 1.807) is 9.08 Å². The predicted octanol–water partition coefficient (Wildman–Crippen LogP) is 0.598. The molecule has 7 heteroatoms. The molecule has 0 aliphatic carbocycles.